The van der Waals surface area contributed by atoms with Crippen LogP contribution in [-0.2, 0) is 11.2 Å². The normalized spacial score (nSPS) is 19.2. The van der Waals surface area contributed by atoms with Crippen molar-refractivity contribution in [1.82, 2.24) is 5.32 Å². The summed E-state index contributed by atoms with van der Waals surface area (Å²) >= 11 is 0. The fourth-order valence-corrected chi connectivity index (χ4v) is 3.13. The SMILES string of the molecule is CC(N)=NCCCNC(=O)C1(C)CCc2c(C)c(O)c(C)c(C)c2O1.Cl. The fourth-order valence-electron chi connectivity index (χ4n) is 3.13. The van der Waals surface area contributed by atoms with Crippen LogP contribution in [0.15, 0.2) is 4.99 Å². The maximum absolute atomic E-state index is 12.6. The van der Waals surface area contributed by atoms with E-state index in [9.17, 15) is 9.90 Å². The number of ether oxygens (including phenoxy) is 1. The van der Waals surface area contributed by atoms with E-state index < -0.39 is 5.60 Å². The first kappa shape index (κ1) is 22.1. The molecule has 1 aliphatic rings. The third kappa shape index (κ3) is 4.41. The largest absolute Gasteiger partial charge is 0.507 e. The minimum atomic E-state index is -0.902. The summed E-state index contributed by atoms with van der Waals surface area (Å²) in [6.07, 6.45) is 2.02. The van der Waals surface area contributed by atoms with Gasteiger partial charge in [0.25, 0.3) is 5.91 Å². The van der Waals surface area contributed by atoms with Crippen LogP contribution in [0.4, 0.5) is 0 Å². The number of carbonyl (C=O) groups excluding carboxylic acids is 1. The zero-order chi connectivity index (χ0) is 18.8. The Kier molecular flexibility index (Phi) is 7.33. The lowest BCUT2D eigenvalue weighted by atomic mass is 9.86. The van der Waals surface area contributed by atoms with Gasteiger partial charge in [-0.1, -0.05) is 0 Å². The van der Waals surface area contributed by atoms with E-state index in [-0.39, 0.29) is 18.3 Å². The number of nitrogens with two attached hydrogens (primary N) is 1. The van der Waals surface area contributed by atoms with Crippen LogP contribution in [-0.4, -0.2) is 35.5 Å². The van der Waals surface area contributed by atoms with Gasteiger partial charge < -0.3 is 20.9 Å². The maximum Gasteiger partial charge on any atom is 0.263 e. The number of phenols is 1. The predicted molar refractivity (Wildman–Crippen MR) is 107 cm³/mol. The number of hydrogen-bond acceptors (Lipinski definition) is 4. The molecule has 0 saturated carbocycles. The number of aliphatic imine (C=N–C) groups is 1. The van der Waals surface area contributed by atoms with Crippen LogP contribution >= 0.6 is 12.4 Å². The standard InChI is InChI=1S/C19H29N3O3.ClH/c1-11-12(2)17-15(13(3)16(11)23)7-8-19(5,25-17)18(24)22-10-6-9-21-14(4)20;/h23H,6-10H2,1-5H3,(H2,20,21)(H,22,24);1H. The number of fused-ring (bicyclic) bond motifs is 1. The summed E-state index contributed by atoms with van der Waals surface area (Å²) in [4.78, 5) is 16.7. The van der Waals surface area contributed by atoms with Crippen LogP contribution in [0.25, 0.3) is 0 Å². The third-order valence-corrected chi connectivity index (χ3v) is 4.98. The van der Waals surface area contributed by atoms with Crippen LogP contribution < -0.4 is 15.8 Å². The van der Waals surface area contributed by atoms with Gasteiger partial charge in [-0.05, 0) is 64.2 Å². The summed E-state index contributed by atoms with van der Waals surface area (Å²) in [5.41, 5.74) is 8.13. The van der Waals surface area contributed by atoms with Crippen molar-refractivity contribution < 1.29 is 14.6 Å². The first-order valence-electron chi connectivity index (χ1n) is 8.73. The highest BCUT2D eigenvalue weighted by molar-refractivity contribution is 5.86. The molecule has 0 aliphatic carbocycles. The molecule has 1 heterocycles. The van der Waals surface area contributed by atoms with Crippen LogP contribution in [0, 0.1) is 20.8 Å². The number of amidine groups is 1. The first-order chi connectivity index (χ1) is 11.7. The topological polar surface area (TPSA) is 96.9 Å². The number of phenolic OH excluding ortho intramolecular Hbond substituents is 1. The molecule has 26 heavy (non-hydrogen) atoms. The molecule has 1 unspecified atom stereocenters. The molecule has 1 amide bonds. The van der Waals surface area contributed by atoms with Gasteiger partial charge >= 0.3 is 0 Å². The van der Waals surface area contributed by atoms with Gasteiger partial charge in [0, 0.05) is 25.1 Å². The molecule has 146 valence electrons. The number of aromatic hydroxyl groups is 1. The van der Waals surface area contributed by atoms with E-state index in [1.54, 1.807) is 6.92 Å². The Bertz CT molecular complexity index is 715. The molecular weight excluding hydrogens is 354 g/mol. The van der Waals surface area contributed by atoms with E-state index in [1.807, 2.05) is 27.7 Å². The predicted octanol–water partition coefficient (Wildman–Crippen LogP) is 2.71. The van der Waals surface area contributed by atoms with Gasteiger partial charge in [-0.3, -0.25) is 9.79 Å². The Labute approximate surface area is 161 Å². The summed E-state index contributed by atoms with van der Waals surface area (Å²) in [5, 5.41) is 13.2. The van der Waals surface area contributed by atoms with E-state index in [0.29, 0.717) is 37.5 Å². The lowest BCUT2D eigenvalue weighted by Gasteiger charge is -2.36. The molecule has 7 heteroatoms. The number of hydrogen-bond donors (Lipinski definition) is 3. The van der Waals surface area contributed by atoms with E-state index in [2.05, 4.69) is 10.3 Å². The molecule has 0 radical (unpaired) electrons. The van der Waals surface area contributed by atoms with Crippen molar-refractivity contribution in [3.8, 4) is 11.5 Å². The number of rotatable bonds is 5. The molecule has 0 fully saturated rings. The number of benzene rings is 1. The van der Waals surface area contributed by atoms with E-state index in [1.165, 1.54) is 0 Å². The van der Waals surface area contributed by atoms with Gasteiger partial charge in [0.1, 0.15) is 11.5 Å². The van der Waals surface area contributed by atoms with Gasteiger partial charge in [-0.2, -0.15) is 0 Å². The molecular formula is C19H30ClN3O3. The number of carbonyl (C=O) groups is 1. The lowest BCUT2D eigenvalue weighted by Crippen LogP contribution is -2.51. The van der Waals surface area contributed by atoms with Crippen molar-refractivity contribution in [3.63, 3.8) is 0 Å². The first-order valence-corrected chi connectivity index (χ1v) is 8.73. The molecule has 0 saturated heterocycles. The second-order valence-electron chi connectivity index (χ2n) is 7.00. The van der Waals surface area contributed by atoms with E-state index in [4.69, 9.17) is 10.5 Å². The van der Waals surface area contributed by atoms with Gasteiger partial charge in [0.05, 0.1) is 5.84 Å². The Hall–Kier alpha value is -1.95. The minimum Gasteiger partial charge on any atom is -0.507 e. The van der Waals surface area contributed by atoms with Crippen molar-refractivity contribution in [1.29, 1.82) is 0 Å². The zero-order valence-electron chi connectivity index (χ0n) is 16.2. The molecule has 0 spiro atoms. The van der Waals surface area contributed by atoms with Crippen LogP contribution in [0.3, 0.4) is 0 Å². The maximum atomic E-state index is 12.6. The molecule has 0 bridgehead atoms. The van der Waals surface area contributed by atoms with Crippen LogP contribution in [0.2, 0.25) is 0 Å². The Morgan fingerprint density at radius 1 is 1.31 bits per heavy atom. The van der Waals surface area contributed by atoms with Crippen molar-refractivity contribution in [3.05, 3.63) is 22.3 Å². The Morgan fingerprint density at radius 2 is 1.96 bits per heavy atom. The van der Waals surface area contributed by atoms with Crippen LogP contribution in [0.5, 0.6) is 11.5 Å². The number of nitrogens with one attached hydrogen (secondary N) is 1. The van der Waals surface area contributed by atoms with Gasteiger partial charge in [-0.25, -0.2) is 0 Å². The molecule has 4 N–H and O–H groups in total. The molecule has 1 aromatic rings. The molecule has 2 rings (SSSR count). The number of nitrogens with zero attached hydrogens (tertiary/aromatic N) is 1. The average molecular weight is 384 g/mol. The highest BCUT2D eigenvalue weighted by atomic mass is 35.5. The monoisotopic (exact) mass is 383 g/mol. The van der Waals surface area contributed by atoms with Crippen molar-refractivity contribution in [2.45, 2.75) is 59.5 Å². The molecule has 6 nitrogen and oxygen atoms in total. The highest BCUT2D eigenvalue weighted by Crippen LogP contribution is 2.43. The Balaban J connectivity index is 0.00000338. The summed E-state index contributed by atoms with van der Waals surface area (Å²) in [6, 6.07) is 0. The Morgan fingerprint density at radius 3 is 2.58 bits per heavy atom. The fraction of sp³-hybridized carbons (Fsp3) is 0.579. The summed E-state index contributed by atoms with van der Waals surface area (Å²) in [7, 11) is 0. The van der Waals surface area contributed by atoms with Crippen molar-refractivity contribution in [2.75, 3.05) is 13.1 Å². The number of halogens is 1. The minimum absolute atomic E-state index is 0. The zero-order valence-corrected chi connectivity index (χ0v) is 17.0. The van der Waals surface area contributed by atoms with E-state index in [0.717, 1.165) is 34.4 Å². The summed E-state index contributed by atoms with van der Waals surface area (Å²) in [5.74, 6) is 1.49. The molecule has 1 aliphatic heterocycles. The third-order valence-electron chi connectivity index (χ3n) is 4.98. The van der Waals surface area contributed by atoms with E-state index >= 15 is 0 Å². The van der Waals surface area contributed by atoms with Crippen LogP contribution in [0.1, 0.15) is 48.9 Å². The molecule has 0 aromatic heterocycles. The van der Waals surface area contributed by atoms with Gasteiger partial charge in [-0.15, -0.1) is 12.4 Å². The second kappa shape index (κ2) is 8.62. The van der Waals surface area contributed by atoms with Crippen molar-refractivity contribution >= 4 is 24.1 Å². The summed E-state index contributed by atoms with van der Waals surface area (Å²) in [6.45, 7) is 10.4. The lowest BCUT2D eigenvalue weighted by molar-refractivity contribution is -0.136. The van der Waals surface area contributed by atoms with Gasteiger partial charge in [0.15, 0.2) is 5.60 Å². The molecule has 1 atom stereocenters. The smallest absolute Gasteiger partial charge is 0.263 e. The number of amides is 1. The second-order valence-corrected chi connectivity index (χ2v) is 7.00. The quantitative estimate of drug-likeness (QED) is 0.413. The highest BCUT2D eigenvalue weighted by Gasteiger charge is 2.40. The van der Waals surface area contributed by atoms with Gasteiger partial charge in [0.2, 0.25) is 0 Å². The molecule has 1 aromatic carbocycles. The van der Waals surface area contributed by atoms with Crippen molar-refractivity contribution in [2.24, 2.45) is 10.7 Å². The summed E-state index contributed by atoms with van der Waals surface area (Å²) < 4.78 is 6.15. The average Bonchev–Trinajstić information content (AvgIpc) is 2.57.